The Bertz CT molecular complexity index is 1080. The molecule has 1 aromatic carbocycles. The number of Topliss-reactive ketones (excluding diaryl/α,β-unsaturated/α-hetero) is 1. The molecule has 0 saturated carbocycles. The minimum Gasteiger partial charge on any atom is -0.453 e. The van der Waals surface area contributed by atoms with Crippen molar-refractivity contribution < 1.29 is 23.5 Å². The third-order valence-corrected chi connectivity index (χ3v) is 6.39. The number of hydrogen-bond acceptors (Lipinski definition) is 5. The predicted octanol–water partition coefficient (Wildman–Crippen LogP) is 4.68. The van der Waals surface area contributed by atoms with E-state index in [0.29, 0.717) is 15.8 Å². The molecule has 3 heterocycles. The molecule has 0 spiro atoms. The van der Waals surface area contributed by atoms with Crippen LogP contribution < -0.4 is 0 Å². The first kappa shape index (κ1) is 19.8. The average molecular weight is 415 g/mol. The van der Waals surface area contributed by atoms with Gasteiger partial charge in [-0.3, -0.25) is 4.79 Å². The van der Waals surface area contributed by atoms with Gasteiger partial charge in [-0.15, -0.1) is 11.3 Å². The Morgan fingerprint density at radius 1 is 1.28 bits per heavy atom. The number of ether oxygens (including phenoxy) is 2. The molecule has 0 amide bonds. The summed E-state index contributed by atoms with van der Waals surface area (Å²) < 4.78 is 27.1. The molecule has 1 atom stereocenters. The molecule has 0 aliphatic carbocycles. The van der Waals surface area contributed by atoms with Crippen LogP contribution in [-0.4, -0.2) is 35.6 Å². The summed E-state index contributed by atoms with van der Waals surface area (Å²) in [7, 11) is 0. The Balaban J connectivity index is 1.43. The van der Waals surface area contributed by atoms with Gasteiger partial charge in [0.15, 0.2) is 6.61 Å². The summed E-state index contributed by atoms with van der Waals surface area (Å²) in [5.41, 5.74) is 2.40. The topological polar surface area (TPSA) is 57.5 Å². The quantitative estimate of drug-likeness (QED) is 0.433. The summed E-state index contributed by atoms with van der Waals surface area (Å²) in [4.78, 5) is 25.3. The van der Waals surface area contributed by atoms with Crippen molar-refractivity contribution in [3.63, 3.8) is 0 Å². The first-order valence-electron chi connectivity index (χ1n) is 9.60. The van der Waals surface area contributed by atoms with E-state index in [0.717, 1.165) is 42.1 Å². The fourth-order valence-corrected chi connectivity index (χ4v) is 4.69. The highest BCUT2D eigenvalue weighted by Crippen LogP contribution is 2.27. The third kappa shape index (κ3) is 4.11. The summed E-state index contributed by atoms with van der Waals surface area (Å²) in [5, 5.41) is 0.644. The Morgan fingerprint density at radius 3 is 2.86 bits per heavy atom. The summed E-state index contributed by atoms with van der Waals surface area (Å²) in [6.45, 7) is 5.05. The molecule has 29 heavy (non-hydrogen) atoms. The molecular weight excluding hydrogens is 393 g/mol. The van der Waals surface area contributed by atoms with E-state index < -0.39 is 5.97 Å². The monoisotopic (exact) mass is 415 g/mol. The lowest BCUT2D eigenvalue weighted by atomic mass is 10.1. The van der Waals surface area contributed by atoms with E-state index in [1.54, 1.807) is 12.1 Å². The second-order valence-electron chi connectivity index (χ2n) is 7.32. The summed E-state index contributed by atoms with van der Waals surface area (Å²) >= 11 is 1.22. The van der Waals surface area contributed by atoms with Gasteiger partial charge in [0.05, 0.1) is 6.10 Å². The van der Waals surface area contributed by atoms with E-state index in [4.69, 9.17) is 9.47 Å². The first-order chi connectivity index (χ1) is 13.9. The lowest BCUT2D eigenvalue weighted by Crippen LogP contribution is -2.18. The Labute approximate surface area is 172 Å². The van der Waals surface area contributed by atoms with Gasteiger partial charge in [0.2, 0.25) is 5.78 Å². The largest absolute Gasteiger partial charge is 0.453 e. The molecule has 1 aliphatic heterocycles. The molecule has 2 aromatic heterocycles. The van der Waals surface area contributed by atoms with Gasteiger partial charge in [-0.25, -0.2) is 9.18 Å². The summed E-state index contributed by atoms with van der Waals surface area (Å²) in [6, 6.07) is 7.77. The fraction of sp³-hybridized carbons (Fsp3) is 0.364. The van der Waals surface area contributed by atoms with Crippen LogP contribution >= 0.6 is 11.3 Å². The van der Waals surface area contributed by atoms with Crippen molar-refractivity contribution in [2.75, 3.05) is 13.2 Å². The molecule has 0 bridgehead atoms. The van der Waals surface area contributed by atoms with Crippen LogP contribution in [0.25, 0.3) is 10.1 Å². The number of halogens is 1. The van der Waals surface area contributed by atoms with Crippen LogP contribution in [0.3, 0.4) is 0 Å². The molecule has 152 valence electrons. The van der Waals surface area contributed by atoms with Gasteiger partial charge in [-0.1, -0.05) is 0 Å². The van der Waals surface area contributed by atoms with Crippen LogP contribution in [0.1, 0.15) is 44.3 Å². The smallest absolute Gasteiger partial charge is 0.348 e. The normalized spacial score (nSPS) is 16.4. The van der Waals surface area contributed by atoms with Crippen molar-refractivity contribution in [1.29, 1.82) is 0 Å². The summed E-state index contributed by atoms with van der Waals surface area (Å²) in [5.74, 6) is -1.17. The van der Waals surface area contributed by atoms with Gasteiger partial charge in [0.1, 0.15) is 10.7 Å². The van der Waals surface area contributed by atoms with Crippen LogP contribution in [0.4, 0.5) is 4.39 Å². The second kappa shape index (κ2) is 8.08. The Morgan fingerprint density at radius 2 is 2.10 bits per heavy atom. The number of thiophene rings is 1. The Kier molecular flexibility index (Phi) is 5.52. The van der Waals surface area contributed by atoms with Crippen molar-refractivity contribution in [2.24, 2.45) is 0 Å². The van der Waals surface area contributed by atoms with E-state index >= 15 is 0 Å². The van der Waals surface area contributed by atoms with Gasteiger partial charge in [-0.2, -0.15) is 0 Å². The van der Waals surface area contributed by atoms with Crippen molar-refractivity contribution >= 4 is 33.2 Å². The molecule has 0 unspecified atom stereocenters. The maximum Gasteiger partial charge on any atom is 0.348 e. The summed E-state index contributed by atoms with van der Waals surface area (Å²) in [6.07, 6.45) is 2.27. The average Bonchev–Trinajstić information content (AvgIpc) is 3.41. The zero-order valence-corrected chi connectivity index (χ0v) is 17.2. The first-order valence-corrected chi connectivity index (χ1v) is 10.4. The zero-order valence-electron chi connectivity index (χ0n) is 16.4. The highest BCUT2D eigenvalue weighted by atomic mass is 32.1. The number of carbonyl (C=O) groups excluding carboxylic acids is 2. The number of nitrogens with zero attached hydrogens (tertiary/aromatic N) is 1. The molecule has 1 saturated heterocycles. The zero-order chi connectivity index (χ0) is 20.5. The van der Waals surface area contributed by atoms with Gasteiger partial charge >= 0.3 is 5.97 Å². The molecule has 4 rings (SSSR count). The van der Waals surface area contributed by atoms with Crippen LogP contribution in [0.2, 0.25) is 0 Å². The number of hydrogen-bond donors (Lipinski definition) is 0. The van der Waals surface area contributed by atoms with Crippen LogP contribution in [0.5, 0.6) is 0 Å². The highest BCUT2D eigenvalue weighted by molar-refractivity contribution is 7.20. The van der Waals surface area contributed by atoms with Crippen LogP contribution in [0.15, 0.2) is 30.3 Å². The standard InChI is InChI=1S/C22H22FNO4S/c1-13-8-18(14(2)24(13)11-17-4-3-7-27-17)19(25)12-28-22(26)21-10-15-9-16(23)5-6-20(15)29-21/h5-6,8-10,17H,3-4,7,11-12H2,1-2H3/t17-/m0/s1. The van der Waals surface area contributed by atoms with Crippen molar-refractivity contribution in [1.82, 2.24) is 4.57 Å². The number of rotatable bonds is 6. The van der Waals surface area contributed by atoms with E-state index in [1.807, 2.05) is 19.9 Å². The minimum atomic E-state index is -0.576. The number of carbonyl (C=O) groups is 2. The van der Waals surface area contributed by atoms with E-state index in [1.165, 1.54) is 23.5 Å². The maximum atomic E-state index is 13.3. The third-order valence-electron chi connectivity index (χ3n) is 5.30. The van der Waals surface area contributed by atoms with Crippen molar-refractivity contribution in [2.45, 2.75) is 39.3 Å². The lowest BCUT2D eigenvalue weighted by molar-refractivity contribution is 0.0479. The van der Waals surface area contributed by atoms with E-state index in [-0.39, 0.29) is 24.3 Å². The Hall–Kier alpha value is -2.51. The second-order valence-corrected chi connectivity index (χ2v) is 8.41. The number of aromatic nitrogens is 1. The molecule has 0 N–H and O–H groups in total. The van der Waals surface area contributed by atoms with E-state index in [2.05, 4.69) is 4.57 Å². The number of fused-ring (bicyclic) bond motifs is 1. The highest BCUT2D eigenvalue weighted by Gasteiger charge is 2.22. The molecule has 1 fully saturated rings. The van der Waals surface area contributed by atoms with E-state index in [9.17, 15) is 14.0 Å². The van der Waals surface area contributed by atoms with Crippen LogP contribution in [-0.2, 0) is 16.0 Å². The minimum absolute atomic E-state index is 0.179. The van der Waals surface area contributed by atoms with Gasteiger partial charge in [-0.05, 0) is 62.4 Å². The number of ketones is 1. The van der Waals surface area contributed by atoms with Gasteiger partial charge in [0, 0.05) is 34.8 Å². The van der Waals surface area contributed by atoms with Gasteiger partial charge < -0.3 is 14.0 Å². The number of benzene rings is 1. The van der Waals surface area contributed by atoms with Crippen molar-refractivity contribution in [3.05, 3.63) is 58.0 Å². The SMILES string of the molecule is Cc1cc(C(=O)COC(=O)c2cc3cc(F)ccc3s2)c(C)n1C[C@@H]1CCCO1. The fourth-order valence-electron chi connectivity index (χ4n) is 3.75. The molecule has 0 radical (unpaired) electrons. The predicted molar refractivity (Wildman–Crippen MR) is 109 cm³/mol. The molecule has 5 nitrogen and oxygen atoms in total. The lowest BCUT2D eigenvalue weighted by Gasteiger charge is -2.14. The molecular formula is C22H22FNO4S. The molecule has 1 aliphatic rings. The molecule has 7 heteroatoms. The van der Waals surface area contributed by atoms with Crippen molar-refractivity contribution in [3.8, 4) is 0 Å². The van der Waals surface area contributed by atoms with Gasteiger partial charge in [0.25, 0.3) is 0 Å². The number of aryl methyl sites for hydroxylation is 1. The number of esters is 1. The molecule has 3 aromatic rings. The maximum absolute atomic E-state index is 13.3. The van der Waals surface area contributed by atoms with Crippen LogP contribution in [0, 0.1) is 19.7 Å².